The number of anilines is 1. The topological polar surface area (TPSA) is 81.2 Å². The number of hydrogen-bond acceptors (Lipinski definition) is 6. The third kappa shape index (κ3) is 7.75. The summed E-state index contributed by atoms with van der Waals surface area (Å²) in [6.07, 6.45) is 0.972. The number of carbonyl (C=O) groups excluding carboxylic acids is 2. The molecule has 1 aromatic heterocycles. The van der Waals surface area contributed by atoms with E-state index in [4.69, 9.17) is 4.74 Å². The molecule has 0 atom stereocenters. The summed E-state index contributed by atoms with van der Waals surface area (Å²) < 4.78 is 5.14. The molecule has 1 aromatic rings. The second-order valence-corrected chi connectivity index (χ2v) is 7.30. The van der Waals surface area contributed by atoms with Crippen molar-refractivity contribution in [3.63, 3.8) is 0 Å². The van der Waals surface area contributed by atoms with Crippen LogP contribution < -0.4 is 5.32 Å². The van der Waals surface area contributed by atoms with Crippen molar-refractivity contribution in [2.75, 3.05) is 5.32 Å². The van der Waals surface area contributed by atoms with Crippen molar-refractivity contribution in [1.82, 2.24) is 10.2 Å². The maximum atomic E-state index is 11.7. The highest BCUT2D eigenvalue weighted by atomic mass is 32.1. The summed E-state index contributed by atoms with van der Waals surface area (Å²) in [6.45, 7) is 9.58. The Hall–Kier alpha value is -1.50. The summed E-state index contributed by atoms with van der Waals surface area (Å²) in [5.74, 6) is -0.141. The minimum Gasteiger partial charge on any atom is -0.460 e. The van der Waals surface area contributed by atoms with Gasteiger partial charge in [0, 0.05) is 12.8 Å². The number of aromatic nitrogens is 2. The molecule has 0 saturated heterocycles. The zero-order valence-electron chi connectivity index (χ0n) is 13.2. The molecule has 1 rings (SSSR count). The molecule has 0 bridgehead atoms. The summed E-state index contributed by atoms with van der Waals surface area (Å²) in [7, 11) is 0. The van der Waals surface area contributed by atoms with E-state index < -0.39 is 5.60 Å². The molecule has 1 amide bonds. The molecule has 0 unspecified atom stereocenters. The van der Waals surface area contributed by atoms with E-state index >= 15 is 0 Å². The molecular weight excluding hydrogens is 290 g/mol. The van der Waals surface area contributed by atoms with Crippen LogP contribution in [0, 0.1) is 5.92 Å². The van der Waals surface area contributed by atoms with Crippen LogP contribution in [0.2, 0.25) is 0 Å². The van der Waals surface area contributed by atoms with E-state index in [0.29, 0.717) is 11.0 Å². The van der Waals surface area contributed by atoms with Gasteiger partial charge in [0.2, 0.25) is 11.0 Å². The van der Waals surface area contributed by atoms with Gasteiger partial charge in [0.25, 0.3) is 0 Å². The smallest absolute Gasteiger partial charge is 0.306 e. The molecule has 7 heteroatoms. The Balaban J connectivity index is 2.37. The molecule has 21 heavy (non-hydrogen) atoms. The van der Waals surface area contributed by atoms with Gasteiger partial charge in [-0.15, -0.1) is 10.2 Å². The van der Waals surface area contributed by atoms with Crippen LogP contribution in [-0.4, -0.2) is 27.7 Å². The van der Waals surface area contributed by atoms with Gasteiger partial charge in [0.05, 0.1) is 6.42 Å². The Bertz CT molecular complexity index is 492. The first-order chi connectivity index (χ1) is 9.65. The van der Waals surface area contributed by atoms with Crippen LogP contribution in [-0.2, 0) is 20.7 Å². The molecule has 0 radical (unpaired) electrons. The predicted molar refractivity (Wildman–Crippen MR) is 82.2 cm³/mol. The molecule has 0 fully saturated rings. The van der Waals surface area contributed by atoms with Gasteiger partial charge in [-0.05, 0) is 26.7 Å². The fourth-order valence-corrected chi connectivity index (χ4v) is 2.49. The molecule has 0 spiro atoms. The zero-order chi connectivity index (χ0) is 16.0. The van der Waals surface area contributed by atoms with E-state index in [1.807, 2.05) is 0 Å². The minimum absolute atomic E-state index is 0.0563. The van der Waals surface area contributed by atoms with Crippen molar-refractivity contribution in [1.29, 1.82) is 0 Å². The maximum Gasteiger partial charge on any atom is 0.306 e. The van der Waals surface area contributed by atoms with E-state index in [1.165, 1.54) is 11.3 Å². The van der Waals surface area contributed by atoms with Crippen molar-refractivity contribution < 1.29 is 14.3 Å². The van der Waals surface area contributed by atoms with Crippen LogP contribution in [0.3, 0.4) is 0 Å². The van der Waals surface area contributed by atoms with Crippen molar-refractivity contribution in [2.24, 2.45) is 5.92 Å². The lowest BCUT2D eigenvalue weighted by Crippen LogP contribution is -2.24. The highest BCUT2D eigenvalue weighted by molar-refractivity contribution is 7.15. The maximum absolute atomic E-state index is 11.7. The van der Waals surface area contributed by atoms with Crippen LogP contribution in [0.4, 0.5) is 5.13 Å². The van der Waals surface area contributed by atoms with Crippen molar-refractivity contribution in [3.8, 4) is 0 Å². The molecule has 118 valence electrons. The second-order valence-electron chi connectivity index (χ2n) is 6.23. The highest BCUT2D eigenvalue weighted by Gasteiger charge is 2.17. The third-order valence-electron chi connectivity index (χ3n) is 2.27. The van der Waals surface area contributed by atoms with E-state index in [0.717, 1.165) is 11.4 Å². The summed E-state index contributed by atoms with van der Waals surface area (Å²) in [5.41, 5.74) is -0.529. The first-order valence-electron chi connectivity index (χ1n) is 7.00. The predicted octanol–water partition coefficient (Wildman–Crippen LogP) is 2.80. The monoisotopic (exact) mass is 313 g/mol. The van der Waals surface area contributed by atoms with Crippen LogP contribution in [0.25, 0.3) is 0 Å². The van der Waals surface area contributed by atoms with Crippen LogP contribution in [0.5, 0.6) is 0 Å². The molecule has 0 aliphatic rings. The van der Waals surface area contributed by atoms with E-state index in [9.17, 15) is 9.59 Å². The molecule has 0 aromatic carbocycles. The lowest BCUT2D eigenvalue weighted by Gasteiger charge is -2.19. The van der Waals surface area contributed by atoms with Gasteiger partial charge in [-0.25, -0.2) is 0 Å². The largest absolute Gasteiger partial charge is 0.460 e. The summed E-state index contributed by atoms with van der Waals surface area (Å²) in [4.78, 5) is 23.2. The number of hydrogen-bond donors (Lipinski definition) is 1. The fourth-order valence-electron chi connectivity index (χ4n) is 1.53. The van der Waals surface area contributed by atoms with Gasteiger partial charge in [-0.3, -0.25) is 9.59 Å². The Morgan fingerprint density at radius 1 is 1.24 bits per heavy atom. The number of nitrogens with zero attached hydrogens (tertiary/aromatic N) is 2. The van der Waals surface area contributed by atoms with Gasteiger partial charge in [-0.2, -0.15) is 0 Å². The Morgan fingerprint density at radius 3 is 2.48 bits per heavy atom. The Kier molecular flexibility index (Phi) is 6.26. The molecule has 1 N–H and O–H groups in total. The standard InChI is InChI=1S/C14H23N3O3S/c1-9(2)8-11-16-17-13(21-11)15-10(18)6-7-12(19)20-14(3,4)5/h9H,6-8H2,1-5H3,(H,15,17,18). The number of carbonyl (C=O) groups is 2. The lowest BCUT2D eigenvalue weighted by atomic mass is 10.1. The van der Waals surface area contributed by atoms with Crippen molar-refractivity contribution >= 4 is 28.3 Å². The fraction of sp³-hybridized carbons (Fsp3) is 0.714. The molecule has 6 nitrogen and oxygen atoms in total. The van der Waals surface area contributed by atoms with Gasteiger partial charge < -0.3 is 10.1 Å². The second kappa shape index (κ2) is 7.49. The van der Waals surface area contributed by atoms with Crippen molar-refractivity contribution in [2.45, 2.75) is 59.5 Å². The SMILES string of the molecule is CC(C)Cc1nnc(NC(=O)CCC(=O)OC(C)(C)C)s1. The average Bonchev–Trinajstić information content (AvgIpc) is 2.70. The average molecular weight is 313 g/mol. The van der Waals surface area contributed by atoms with Crippen LogP contribution in [0.15, 0.2) is 0 Å². The van der Waals surface area contributed by atoms with E-state index in [-0.39, 0.29) is 24.7 Å². The van der Waals surface area contributed by atoms with Gasteiger partial charge in [0.1, 0.15) is 10.6 Å². The van der Waals surface area contributed by atoms with Crippen LogP contribution in [0.1, 0.15) is 52.5 Å². The third-order valence-corrected chi connectivity index (χ3v) is 3.13. The summed E-state index contributed by atoms with van der Waals surface area (Å²) in [5, 5.41) is 12.0. The molecule has 0 aliphatic carbocycles. The van der Waals surface area contributed by atoms with Gasteiger partial charge in [-0.1, -0.05) is 25.2 Å². The molecule has 0 aliphatic heterocycles. The highest BCUT2D eigenvalue weighted by Crippen LogP contribution is 2.18. The number of rotatable bonds is 6. The Morgan fingerprint density at radius 2 is 1.90 bits per heavy atom. The summed E-state index contributed by atoms with van der Waals surface area (Å²) >= 11 is 1.36. The van der Waals surface area contributed by atoms with E-state index in [2.05, 4.69) is 29.4 Å². The van der Waals surface area contributed by atoms with E-state index in [1.54, 1.807) is 20.8 Å². The lowest BCUT2D eigenvalue weighted by molar-refractivity contribution is -0.155. The zero-order valence-corrected chi connectivity index (χ0v) is 14.0. The minimum atomic E-state index is -0.529. The molecule has 1 heterocycles. The van der Waals surface area contributed by atoms with Crippen molar-refractivity contribution in [3.05, 3.63) is 5.01 Å². The molecule has 0 saturated carbocycles. The normalized spacial score (nSPS) is 11.5. The summed E-state index contributed by atoms with van der Waals surface area (Å²) in [6, 6.07) is 0. The first kappa shape index (κ1) is 17.6. The number of amides is 1. The number of ether oxygens (including phenoxy) is 1. The van der Waals surface area contributed by atoms with Crippen LogP contribution >= 0.6 is 11.3 Å². The quantitative estimate of drug-likeness (QED) is 0.817. The van der Waals surface area contributed by atoms with Gasteiger partial charge in [0.15, 0.2) is 0 Å². The number of nitrogens with one attached hydrogen (secondary N) is 1. The Labute approximate surface area is 129 Å². The molecular formula is C14H23N3O3S. The number of esters is 1. The van der Waals surface area contributed by atoms with Gasteiger partial charge >= 0.3 is 5.97 Å². The first-order valence-corrected chi connectivity index (χ1v) is 7.81.